The van der Waals surface area contributed by atoms with Crippen LogP contribution in [0.3, 0.4) is 0 Å². The smallest absolute Gasteiger partial charge is 0.134 e. The van der Waals surface area contributed by atoms with Gasteiger partial charge in [0.15, 0.2) is 0 Å². The Balaban J connectivity index is 2.13. The first-order valence-electron chi connectivity index (χ1n) is 4.57. The number of hydrogen-bond donors (Lipinski definition) is 1. The van der Waals surface area contributed by atoms with Crippen LogP contribution < -0.4 is 0 Å². The van der Waals surface area contributed by atoms with Crippen LogP contribution in [0, 0.1) is 0 Å². The summed E-state index contributed by atoms with van der Waals surface area (Å²) < 4.78 is 0. The number of nitrogens with zero attached hydrogens (tertiary/aromatic N) is 2. The molecule has 76 valence electrons. The molecular weight excluding hydrogens is 220 g/mol. The zero-order valence-corrected chi connectivity index (χ0v) is 9.18. The Kier molecular flexibility index (Phi) is 3.26. The van der Waals surface area contributed by atoms with E-state index in [2.05, 4.69) is 9.97 Å². The first-order chi connectivity index (χ1) is 6.79. The highest BCUT2D eigenvalue weighted by molar-refractivity contribution is 7.99. The number of aliphatic hydroxyl groups is 1. The maximum absolute atomic E-state index is 8.69. The fraction of sp³-hybridized carbons (Fsp3) is 0.556. The number of hydrogen-bond acceptors (Lipinski definition) is 4. The van der Waals surface area contributed by atoms with Gasteiger partial charge in [-0.15, -0.1) is 11.8 Å². The van der Waals surface area contributed by atoms with Crippen LogP contribution in [0.2, 0.25) is 5.15 Å². The van der Waals surface area contributed by atoms with Gasteiger partial charge < -0.3 is 5.11 Å². The molecule has 0 saturated heterocycles. The van der Waals surface area contributed by atoms with Crippen LogP contribution in [0.1, 0.15) is 24.6 Å². The largest absolute Gasteiger partial charge is 0.396 e. The SMILES string of the molecule is OCCSc1cc(Cl)nc(C2CC2)n1. The zero-order chi connectivity index (χ0) is 9.97. The zero-order valence-electron chi connectivity index (χ0n) is 7.61. The molecule has 0 atom stereocenters. The molecule has 1 N–H and O–H groups in total. The second kappa shape index (κ2) is 4.47. The molecule has 5 heteroatoms. The molecule has 1 aromatic rings. The van der Waals surface area contributed by atoms with Crippen molar-refractivity contribution in [2.75, 3.05) is 12.4 Å². The lowest BCUT2D eigenvalue weighted by molar-refractivity contribution is 0.322. The molecule has 0 aromatic carbocycles. The van der Waals surface area contributed by atoms with Crippen LogP contribution in [0.25, 0.3) is 0 Å². The van der Waals surface area contributed by atoms with Gasteiger partial charge in [-0.3, -0.25) is 0 Å². The van der Waals surface area contributed by atoms with Crippen molar-refractivity contribution in [3.8, 4) is 0 Å². The van der Waals surface area contributed by atoms with Crippen molar-refractivity contribution in [1.29, 1.82) is 0 Å². The number of aromatic nitrogens is 2. The van der Waals surface area contributed by atoms with Gasteiger partial charge in [0.05, 0.1) is 6.61 Å². The Labute approximate surface area is 91.9 Å². The topological polar surface area (TPSA) is 46.0 Å². The molecule has 0 aliphatic heterocycles. The average Bonchev–Trinajstić information content (AvgIpc) is 2.97. The quantitative estimate of drug-likeness (QED) is 0.636. The van der Waals surface area contributed by atoms with Crippen LogP contribution in [-0.2, 0) is 0 Å². The van der Waals surface area contributed by atoms with Gasteiger partial charge in [0, 0.05) is 17.7 Å². The normalized spacial score (nSPS) is 15.9. The minimum atomic E-state index is 0.158. The third kappa shape index (κ3) is 2.59. The molecule has 0 spiro atoms. The highest BCUT2D eigenvalue weighted by Gasteiger charge is 2.27. The van der Waals surface area contributed by atoms with Crippen molar-refractivity contribution in [2.45, 2.75) is 23.8 Å². The molecule has 0 radical (unpaired) electrons. The Bertz CT molecular complexity index is 331. The number of aliphatic hydroxyl groups excluding tert-OH is 1. The van der Waals surface area contributed by atoms with Crippen molar-refractivity contribution in [3.63, 3.8) is 0 Å². The monoisotopic (exact) mass is 230 g/mol. The predicted octanol–water partition coefficient (Wildman–Crippen LogP) is 2.09. The van der Waals surface area contributed by atoms with Crippen molar-refractivity contribution < 1.29 is 5.11 Å². The summed E-state index contributed by atoms with van der Waals surface area (Å²) in [5.74, 6) is 2.03. The van der Waals surface area contributed by atoms with Gasteiger partial charge in [-0.2, -0.15) is 0 Å². The van der Waals surface area contributed by atoms with Crippen LogP contribution in [0.15, 0.2) is 11.1 Å². The molecule has 2 rings (SSSR count). The summed E-state index contributed by atoms with van der Waals surface area (Å²) >= 11 is 7.38. The molecule has 0 unspecified atom stereocenters. The van der Waals surface area contributed by atoms with Crippen molar-refractivity contribution in [3.05, 3.63) is 17.0 Å². The molecule has 14 heavy (non-hydrogen) atoms. The first kappa shape index (κ1) is 10.2. The van der Waals surface area contributed by atoms with Crippen LogP contribution in [-0.4, -0.2) is 27.4 Å². The van der Waals surface area contributed by atoms with Gasteiger partial charge in [0.1, 0.15) is 16.0 Å². The standard InChI is InChI=1S/C9H11ClN2OS/c10-7-5-8(14-4-3-13)12-9(11-7)6-1-2-6/h5-6,13H,1-4H2. The maximum Gasteiger partial charge on any atom is 0.134 e. The summed E-state index contributed by atoms with van der Waals surface area (Å²) in [5.41, 5.74) is 0. The third-order valence-electron chi connectivity index (χ3n) is 1.97. The van der Waals surface area contributed by atoms with Crippen molar-refractivity contribution in [1.82, 2.24) is 9.97 Å². The van der Waals surface area contributed by atoms with Crippen molar-refractivity contribution >= 4 is 23.4 Å². The van der Waals surface area contributed by atoms with E-state index in [0.29, 0.717) is 16.8 Å². The van der Waals surface area contributed by atoms with Gasteiger partial charge >= 0.3 is 0 Å². The van der Waals surface area contributed by atoms with Gasteiger partial charge in [-0.1, -0.05) is 11.6 Å². The Morgan fingerprint density at radius 2 is 2.29 bits per heavy atom. The molecule has 3 nitrogen and oxygen atoms in total. The first-order valence-corrected chi connectivity index (χ1v) is 5.94. The molecule has 0 bridgehead atoms. The second-order valence-electron chi connectivity index (χ2n) is 3.23. The number of thioether (sulfide) groups is 1. The van der Waals surface area contributed by atoms with E-state index in [1.165, 1.54) is 24.6 Å². The maximum atomic E-state index is 8.69. The Morgan fingerprint density at radius 1 is 1.50 bits per heavy atom. The Hall–Kier alpha value is -0.320. The Morgan fingerprint density at radius 3 is 2.93 bits per heavy atom. The minimum Gasteiger partial charge on any atom is -0.396 e. The highest BCUT2D eigenvalue weighted by Crippen LogP contribution is 2.39. The van der Waals surface area contributed by atoms with Crippen LogP contribution in [0.5, 0.6) is 0 Å². The summed E-state index contributed by atoms with van der Waals surface area (Å²) in [6.45, 7) is 0.158. The molecule has 1 heterocycles. The van der Waals surface area contributed by atoms with E-state index in [9.17, 15) is 0 Å². The molecule has 1 saturated carbocycles. The van der Waals surface area contributed by atoms with E-state index in [4.69, 9.17) is 16.7 Å². The summed E-state index contributed by atoms with van der Waals surface area (Å²) in [6.07, 6.45) is 2.34. The molecule has 1 fully saturated rings. The molecular formula is C9H11ClN2OS. The minimum absolute atomic E-state index is 0.158. The van der Waals surface area contributed by atoms with Gasteiger partial charge in [-0.25, -0.2) is 9.97 Å². The van der Waals surface area contributed by atoms with E-state index in [-0.39, 0.29) is 6.61 Å². The van der Waals surface area contributed by atoms with E-state index in [1.54, 1.807) is 6.07 Å². The van der Waals surface area contributed by atoms with E-state index >= 15 is 0 Å². The number of rotatable bonds is 4. The average molecular weight is 231 g/mol. The molecule has 0 amide bonds. The fourth-order valence-electron chi connectivity index (χ4n) is 1.16. The summed E-state index contributed by atoms with van der Waals surface area (Å²) in [5, 5.41) is 10.1. The van der Waals surface area contributed by atoms with E-state index in [0.717, 1.165) is 10.9 Å². The molecule has 1 aliphatic rings. The lowest BCUT2D eigenvalue weighted by Crippen LogP contribution is -1.95. The predicted molar refractivity (Wildman–Crippen MR) is 56.8 cm³/mol. The fourth-order valence-corrected chi connectivity index (χ4v) is 2.07. The van der Waals surface area contributed by atoms with Crippen molar-refractivity contribution in [2.24, 2.45) is 0 Å². The lowest BCUT2D eigenvalue weighted by Gasteiger charge is -2.02. The van der Waals surface area contributed by atoms with E-state index < -0.39 is 0 Å². The van der Waals surface area contributed by atoms with Gasteiger partial charge in [0.25, 0.3) is 0 Å². The lowest BCUT2D eigenvalue weighted by atomic mass is 10.4. The number of halogens is 1. The van der Waals surface area contributed by atoms with Crippen LogP contribution in [0.4, 0.5) is 0 Å². The van der Waals surface area contributed by atoms with Crippen LogP contribution >= 0.6 is 23.4 Å². The summed E-state index contributed by atoms with van der Waals surface area (Å²) in [6, 6.07) is 1.74. The molecule has 1 aromatic heterocycles. The van der Waals surface area contributed by atoms with Gasteiger partial charge in [0.2, 0.25) is 0 Å². The third-order valence-corrected chi connectivity index (χ3v) is 3.06. The summed E-state index contributed by atoms with van der Waals surface area (Å²) in [4.78, 5) is 8.57. The second-order valence-corrected chi connectivity index (χ2v) is 4.74. The highest BCUT2D eigenvalue weighted by atomic mass is 35.5. The van der Waals surface area contributed by atoms with Gasteiger partial charge in [-0.05, 0) is 12.8 Å². The molecule has 1 aliphatic carbocycles. The summed E-state index contributed by atoms with van der Waals surface area (Å²) in [7, 11) is 0. The van der Waals surface area contributed by atoms with E-state index in [1.807, 2.05) is 0 Å².